The van der Waals surface area contributed by atoms with Crippen LogP contribution in [0.25, 0.3) is 0 Å². The highest BCUT2D eigenvalue weighted by molar-refractivity contribution is 6.10. The Hall–Kier alpha value is -1.65. The fraction of sp³-hybridized carbons (Fsp3) is 0.444. The third-order valence-corrected chi connectivity index (χ3v) is 5.06. The molecule has 0 aromatic heterocycles. The summed E-state index contributed by atoms with van der Waals surface area (Å²) >= 11 is 0. The van der Waals surface area contributed by atoms with Gasteiger partial charge < -0.3 is 4.90 Å². The molecule has 1 atom stereocenters. The second kappa shape index (κ2) is 6.85. The fourth-order valence-corrected chi connectivity index (χ4v) is 3.81. The second-order valence-electron chi connectivity index (χ2n) is 6.35. The lowest BCUT2D eigenvalue weighted by Crippen LogP contribution is -2.45. The summed E-state index contributed by atoms with van der Waals surface area (Å²) in [5.74, 6) is -0.435. The van der Waals surface area contributed by atoms with Crippen LogP contribution >= 0.6 is 12.4 Å². The number of nitrogens with zero attached hydrogens (tertiary/aromatic N) is 2. The summed E-state index contributed by atoms with van der Waals surface area (Å²) in [4.78, 5) is 29.5. The van der Waals surface area contributed by atoms with E-state index in [1.807, 2.05) is 30.3 Å². The minimum atomic E-state index is -0.575. The zero-order chi connectivity index (χ0) is 15.7. The Labute approximate surface area is 143 Å². The first-order valence-corrected chi connectivity index (χ1v) is 7.80. The summed E-state index contributed by atoms with van der Waals surface area (Å²) in [6, 6.07) is 9.74. The van der Waals surface area contributed by atoms with Crippen molar-refractivity contribution in [3.63, 3.8) is 0 Å². The van der Waals surface area contributed by atoms with Crippen LogP contribution in [0.15, 0.2) is 43.0 Å². The minimum absolute atomic E-state index is 0. The first kappa shape index (κ1) is 17.7. The van der Waals surface area contributed by atoms with Crippen LogP contribution in [-0.4, -0.2) is 48.3 Å². The summed E-state index contributed by atoms with van der Waals surface area (Å²) in [5.41, 5.74) is 0.380. The van der Waals surface area contributed by atoms with Gasteiger partial charge in [0.05, 0.1) is 11.3 Å². The average molecular weight is 335 g/mol. The summed E-state index contributed by atoms with van der Waals surface area (Å²) < 4.78 is 0. The van der Waals surface area contributed by atoms with Crippen molar-refractivity contribution in [1.82, 2.24) is 9.80 Å². The van der Waals surface area contributed by atoms with E-state index in [-0.39, 0.29) is 30.1 Å². The quantitative estimate of drug-likeness (QED) is 0.630. The monoisotopic (exact) mass is 334 g/mol. The van der Waals surface area contributed by atoms with Gasteiger partial charge in [0, 0.05) is 6.54 Å². The highest BCUT2D eigenvalue weighted by Gasteiger charge is 2.59. The lowest BCUT2D eigenvalue weighted by molar-refractivity contribution is -0.141. The van der Waals surface area contributed by atoms with E-state index in [9.17, 15) is 9.59 Å². The number of hydrogen-bond acceptors (Lipinski definition) is 3. The molecule has 0 aliphatic carbocycles. The Morgan fingerprint density at radius 3 is 2.39 bits per heavy atom. The Kier molecular flexibility index (Phi) is 5.27. The summed E-state index contributed by atoms with van der Waals surface area (Å²) in [5, 5.41) is 0. The molecule has 1 aromatic rings. The van der Waals surface area contributed by atoms with E-state index in [0.717, 1.165) is 31.5 Å². The molecule has 2 saturated heterocycles. The zero-order valence-electron chi connectivity index (χ0n) is 13.4. The Morgan fingerprint density at radius 2 is 1.83 bits per heavy atom. The van der Waals surface area contributed by atoms with Crippen molar-refractivity contribution in [2.75, 3.05) is 26.7 Å². The molecule has 2 fully saturated rings. The molecule has 0 saturated carbocycles. The number of amides is 2. The van der Waals surface area contributed by atoms with Crippen LogP contribution in [0.1, 0.15) is 24.3 Å². The minimum Gasteiger partial charge on any atom is -0.306 e. The molecule has 4 nitrogen and oxygen atoms in total. The van der Waals surface area contributed by atoms with E-state index >= 15 is 0 Å². The number of imide groups is 1. The molecule has 2 amide bonds. The topological polar surface area (TPSA) is 40.6 Å². The molecule has 0 N–H and O–H groups in total. The number of likely N-dealkylation sites (tertiary alicyclic amines) is 2. The standard InChI is InChI=1S/C18H22N2O2.ClH/c1-3-11-20-16(21)15(14-7-5-4-6-8-14)18(17(20)22)9-12-19(2)13-10-18;/h3-8,15H,1,9-13H2,2H3;1H. The fourth-order valence-electron chi connectivity index (χ4n) is 3.81. The lowest BCUT2D eigenvalue weighted by Gasteiger charge is -2.39. The SMILES string of the molecule is C=CCN1C(=O)C(c2ccccc2)C2(CCN(C)CC2)C1=O.Cl. The van der Waals surface area contributed by atoms with Crippen LogP contribution in [-0.2, 0) is 9.59 Å². The van der Waals surface area contributed by atoms with Gasteiger partial charge >= 0.3 is 0 Å². The van der Waals surface area contributed by atoms with E-state index in [1.165, 1.54) is 4.90 Å². The number of piperidine rings is 1. The van der Waals surface area contributed by atoms with Crippen molar-refractivity contribution in [2.45, 2.75) is 18.8 Å². The van der Waals surface area contributed by atoms with E-state index < -0.39 is 5.41 Å². The van der Waals surface area contributed by atoms with Crippen molar-refractivity contribution in [1.29, 1.82) is 0 Å². The first-order valence-electron chi connectivity index (χ1n) is 7.80. The average Bonchev–Trinajstić information content (AvgIpc) is 2.73. The molecule has 0 bridgehead atoms. The molecule has 2 aliphatic rings. The lowest BCUT2D eigenvalue weighted by atomic mass is 9.67. The van der Waals surface area contributed by atoms with E-state index in [1.54, 1.807) is 6.08 Å². The third-order valence-electron chi connectivity index (χ3n) is 5.06. The molecule has 1 spiro atoms. The Morgan fingerprint density at radius 1 is 1.22 bits per heavy atom. The van der Waals surface area contributed by atoms with Crippen molar-refractivity contribution < 1.29 is 9.59 Å². The van der Waals surface area contributed by atoms with Gasteiger partial charge in [0.2, 0.25) is 11.8 Å². The largest absolute Gasteiger partial charge is 0.306 e. The van der Waals surface area contributed by atoms with Crippen molar-refractivity contribution in [3.05, 3.63) is 48.6 Å². The second-order valence-corrected chi connectivity index (χ2v) is 6.35. The van der Waals surface area contributed by atoms with Crippen molar-refractivity contribution in [3.8, 4) is 0 Å². The number of benzene rings is 1. The highest BCUT2D eigenvalue weighted by Crippen LogP contribution is 2.51. The van der Waals surface area contributed by atoms with Gasteiger partial charge in [-0.3, -0.25) is 14.5 Å². The van der Waals surface area contributed by atoms with Gasteiger partial charge in [-0.15, -0.1) is 19.0 Å². The Balaban J connectivity index is 0.00000192. The summed E-state index contributed by atoms with van der Waals surface area (Å²) in [6.45, 7) is 5.69. The molecule has 5 heteroatoms. The van der Waals surface area contributed by atoms with Crippen molar-refractivity contribution in [2.24, 2.45) is 5.41 Å². The van der Waals surface area contributed by atoms with Gasteiger partial charge in [0.25, 0.3) is 0 Å². The van der Waals surface area contributed by atoms with Gasteiger partial charge in [0.15, 0.2) is 0 Å². The third kappa shape index (κ3) is 2.81. The van der Waals surface area contributed by atoms with Crippen LogP contribution < -0.4 is 0 Å². The predicted octanol–water partition coefficient (Wildman–Crippen LogP) is 2.46. The Bertz CT molecular complexity index is 594. The van der Waals surface area contributed by atoms with E-state index in [4.69, 9.17) is 0 Å². The molecule has 1 unspecified atom stereocenters. The smallest absolute Gasteiger partial charge is 0.238 e. The van der Waals surface area contributed by atoms with Gasteiger partial charge in [-0.05, 0) is 38.5 Å². The highest BCUT2D eigenvalue weighted by atomic mass is 35.5. The number of rotatable bonds is 3. The maximum absolute atomic E-state index is 13.0. The van der Waals surface area contributed by atoms with Gasteiger partial charge in [-0.25, -0.2) is 0 Å². The van der Waals surface area contributed by atoms with Crippen LogP contribution in [0.4, 0.5) is 0 Å². The normalized spacial score (nSPS) is 23.9. The number of carbonyl (C=O) groups excluding carboxylic acids is 2. The molecule has 3 rings (SSSR count). The summed E-state index contributed by atoms with van der Waals surface area (Å²) in [7, 11) is 2.06. The van der Waals surface area contributed by atoms with Crippen LogP contribution in [0, 0.1) is 5.41 Å². The molecule has 2 heterocycles. The number of halogens is 1. The van der Waals surface area contributed by atoms with Gasteiger partial charge in [-0.1, -0.05) is 36.4 Å². The maximum Gasteiger partial charge on any atom is 0.238 e. The summed E-state index contributed by atoms with van der Waals surface area (Å²) in [6.07, 6.45) is 3.11. The van der Waals surface area contributed by atoms with Gasteiger partial charge in [0.1, 0.15) is 0 Å². The maximum atomic E-state index is 13.0. The number of carbonyl (C=O) groups is 2. The zero-order valence-corrected chi connectivity index (χ0v) is 14.2. The predicted molar refractivity (Wildman–Crippen MR) is 92.5 cm³/mol. The van der Waals surface area contributed by atoms with Crippen LogP contribution in [0.2, 0.25) is 0 Å². The molecular weight excluding hydrogens is 312 g/mol. The van der Waals surface area contributed by atoms with Crippen molar-refractivity contribution >= 4 is 24.2 Å². The van der Waals surface area contributed by atoms with Gasteiger partial charge in [-0.2, -0.15) is 0 Å². The number of hydrogen-bond donors (Lipinski definition) is 0. The van der Waals surface area contributed by atoms with Crippen LogP contribution in [0.3, 0.4) is 0 Å². The molecule has 23 heavy (non-hydrogen) atoms. The molecule has 0 radical (unpaired) electrons. The van der Waals surface area contributed by atoms with E-state index in [0.29, 0.717) is 6.54 Å². The molecule has 124 valence electrons. The van der Waals surface area contributed by atoms with E-state index in [2.05, 4.69) is 18.5 Å². The molecule has 1 aromatic carbocycles. The molecule has 2 aliphatic heterocycles. The molecular formula is C18H23ClN2O2. The van der Waals surface area contributed by atoms with Crippen LogP contribution in [0.5, 0.6) is 0 Å². The first-order chi connectivity index (χ1) is 10.6.